The molecule has 0 aromatic heterocycles. The number of anilines is 1. The van der Waals surface area contributed by atoms with Gasteiger partial charge in [0, 0.05) is 24.3 Å². The predicted octanol–water partition coefficient (Wildman–Crippen LogP) is 5.47. The number of halogens is 1. The second kappa shape index (κ2) is 11.5. The van der Waals surface area contributed by atoms with Gasteiger partial charge in [-0.2, -0.15) is 0 Å². The number of amides is 2. The van der Waals surface area contributed by atoms with Crippen molar-refractivity contribution in [2.45, 2.75) is 51.0 Å². The highest BCUT2D eigenvalue weighted by Crippen LogP contribution is 2.28. The van der Waals surface area contributed by atoms with Gasteiger partial charge in [0.15, 0.2) is 0 Å². The van der Waals surface area contributed by atoms with Gasteiger partial charge in [-0.15, -0.1) is 0 Å². The Kier molecular flexibility index (Phi) is 8.21. The number of hydrogen-bond acceptors (Lipinski definition) is 3. The zero-order chi connectivity index (χ0) is 23.0. The third-order valence-electron chi connectivity index (χ3n) is 7.11. The van der Waals surface area contributed by atoms with Crippen LogP contribution in [0.4, 0.5) is 14.9 Å². The molecule has 2 amide bonds. The first-order chi connectivity index (χ1) is 16.1. The van der Waals surface area contributed by atoms with E-state index in [-0.39, 0.29) is 17.9 Å². The Morgan fingerprint density at radius 3 is 2.61 bits per heavy atom. The van der Waals surface area contributed by atoms with Crippen LogP contribution in [0.1, 0.15) is 44.1 Å². The molecule has 2 aromatic carbocycles. The minimum Gasteiger partial charge on any atom is -0.497 e. The van der Waals surface area contributed by atoms with Crippen molar-refractivity contribution < 1.29 is 13.9 Å². The topological polar surface area (TPSA) is 53.6 Å². The van der Waals surface area contributed by atoms with Crippen LogP contribution in [-0.4, -0.2) is 43.7 Å². The zero-order valence-electron chi connectivity index (χ0n) is 19.6. The van der Waals surface area contributed by atoms with Crippen molar-refractivity contribution in [2.75, 3.05) is 32.1 Å². The summed E-state index contributed by atoms with van der Waals surface area (Å²) in [6.45, 7) is 3.40. The van der Waals surface area contributed by atoms with Gasteiger partial charge in [-0.05, 0) is 93.3 Å². The van der Waals surface area contributed by atoms with E-state index >= 15 is 0 Å². The molecule has 1 heterocycles. The summed E-state index contributed by atoms with van der Waals surface area (Å²) in [6.07, 6.45) is 7.94. The monoisotopic (exact) mass is 453 g/mol. The summed E-state index contributed by atoms with van der Waals surface area (Å²) in [5.41, 5.74) is 1.98. The quantitative estimate of drug-likeness (QED) is 0.585. The van der Waals surface area contributed by atoms with Crippen LogP contribution in [0.5, 0.6) is 5.75 Å². The number of piperidine rings is 1. The van der Waals surface area contributed by atoms with Crippen molar-refractivity contribution in [1.29, 1.82) is 0 Å². The van der Waals surface area contributed by atoms with Gasteiger partial charge in [0.2, 0.25) is 0 Å². The first kappa shape index (κ1) is 23.6. The van der Waals surface area contributed by atoms with E-state index < -0.39 is 0 Å². The van der Waals surface area contributed by atoms with Crippen molar-refractivity contribution in [1.82, 2.24) is 10.2 Å². The van der Waals surface area contributed by atoms with Crippen molar-refractivity contribution in [2.24, 2.45) is 11.8 Å². The molecule has 1 saturated carbocycles. The molecule has 5 nitrogen and oxygen atoms in total. The number of nitrogens with one attached hydrogen (secondary N) is 2. The van der Waals surface area contributed by atoms with Gasteiger partial charge < -0.3 is 20.3 Å². The number of carbonyl (C=O) groups is 1. The molecular weight excluding hydrogens is 417 g/mol. The number of urea groups is 1. The molecule has 0 bridgehead atoms. The van der Waals surface area contributed by atoms with Crippen LogP contribution in [0.25, 0.3) is 0 Å². The van der Waals surface area contributed by atoms with E-state index in [9.17, 15) is 9.18 Å². The number of carbonyl (C=O) groups excluding carboxylic acids is 1. The molecule has 33 heavy (non-hydrogen) atoms. The number of ether oxygens (including phenoxy) is 1. The van der Waals surface area contributed by atoms with Crippen LogP contribution in [-0.2, 0) is 6.42 Å². The Morgan fingerprint density at radius 2 is 1.85 bits per heavy atom. The molecule has 1 aliphatic carbocycles. The SMILES string of the molecule is COc1cccc(NC(=O)NC2CCCC(CN3CCC(Cc4ccc(F)cc4)CC3)C2)c1. The van der Waals surface area contributed by atoms with E-state index in [0.717, 1.165) is 56.8 Å². The maximum atomic E-state index is 13.1. The number of methoxy groups -OCH3 is 1. The number of hydrogen-bond donors (Lipinski definition) is 2. The summed E-state index contributed by atoms with van der Waals surface area (Å²) >= 11 is 0. The van der Waals surface area contributed by atoms with Gasteiger partial charge >= 0.3 is 6.03 Å². The molecule has 1 aliphatic heterocycles. The molecule has 2 fully saturated rings. The average Bonchev–Trinajstić information content (AvgIpc) is 2.82. The molecule has 0 radical (unpaired) electrons. The summed E-state index contributed by atoms with van der Waals surface area (Å²) in [4.78, 5) is 15.1. The van der Waals surface area contributed by atoms with E-state index in [2.05, 4.69) is 15.5 Å². The molecule has 4 rings (SSSR count). The van der Waals surface area contributed by atoms with Crippen LogP contribution in [0, 0.1) is 17.7 Å². The molecule has 2 N–H and O–H groups in total. The van der Waals surface area contributed by atoms with Crippen molar-refractivity contribution in [3.05, 3.63) is 59.9 Å². The van der Waals surface area contributed by atoms with E-state index in [1.807, 2.05) is 36.4 Å². The number of nitrogens with zero attached hydrogens (tertiary/aromatic N) is 1. The summed E-state index contributed by atoms with van der Waals surface area (Å²) in [7, 11) is 1.62. The number of likely N-dealkylation sites (tertiary alicyclic amines) is 1. The largest absolute Gasteiger partial charge is 0.497 e. The highest BCUT2D eigenvalue weighted by Gasteiger charge is 2.27. The van der Waals surface area contributed by atoms with Gasteiger partial charge in [0.25, 0.3) is 0 Å². The molecule has 6 heteroatoms. The fraction of sp³-hybridized carbons (Fsp3) is 0.519. The van der Waals surface area contributed by atoms with Gasteiger partial charge in [-0.3, -0.25) is 0 Å². The van der Waals surface area contributed by atoms with Gasteiger partial charge in [-0.1, -0.05) is 24.6 Å². The molecule has 2 aromatic rings. The van der Waals surface area contributed by atoms with Crippen LogP contribution >= 0.6 is 0 Å². The molecule has 2 aliphatic rings. The number of benzene rings is 2. The Morgan fingerprint density at radius 1 is 1.06 bits per heavy atom. The van der Waals surface area contributed by atoms with E-state index in [1.165, 1.54) is 24.8 Å². The third kappa shape index (κ3) is 7.19. The molecule has 2 atom stereocenters. The first-order valence-electron chi connectivity index (χ1n) is 12.3. The Balaban J connectivity index is 1.18. The maximum absolute atomic E-state index is 13.1. The molecule has 2 unspecified atom stereocenters. The Bertz CT molecular complexity index is 896. The van der Waals surface area contributed by atoms with Gasteiger partial charge in [0.05, 0.1) is 7.11 Å². The van der Waals surface area contributed by atoms with Crippen LogP contribution in [0.2, 0.25) is 0 Å². The minimum absolute atomic E-state index is 0.143. The fourth-order valence-electron chi connectivity index (χ4n) is 5.33. The molecule has 0 spiro atoms. The second-order valence-electron chi connectivity index (χ2n) is 9.63. The maximum Gasteiger partial charge on any atom is 0.319 e. The standard InChI is InChI=1S/C27H36FN3O2/c1-33-26-7-3-6-25(18-26)30-27(32)29-24-5-2-4-22(17-24)19-31-14-12-21(13-15-31)16-20-8-10-23(28)11-9-20/h3,6-11,18,21-22,24H,2,4-5,12-17,19H2,1H3,(H2,29,30,32). The lowest BCUT2D eigenvalue weighted by atomic mass is 9.84. The van der Waals surface area contributed by atoms with Crippen LogP contribution < -0.4 is 15.4 Å². The van der Waals surface area contributed by atoms with Crippen LogP contribution in [0.3, 0.4) is 0 Å². The lowest BCUT2D eigenvalue weighted by Crippen LogP contribution is -2.44. The lowest BCUT2D eigenvalue weighted by Gasteiger charge is -2.37. The normalized spacial score (nSPS) is 22.0. The molecule has 1 saturated heterocycles. The highest BCUT2D eigenvalue weighted by molar-refractivity contribution is 5.89. The van der Waals surface area contributed by atoms with Crippen molar-refractivity contribution in [3.63, 3.8) is 0 Å². The van der Waals surface area contributed by atoms with Crippen molar-refractivity contribution >= 4 is 11.7 Å². The smallest absolute Gasteiger partial charge is 0.319 e. The third-order valence-corrected chi connectivity index (χ3v) is 7.11. The molecular formula is C27H36FN3O2. The van der Waals surface area contributed by atoms with Crippen molar-refractivity contribution in [3.8, 4) is 5.75 Å². The first-order valence-corrected chi connectivity index (χ1v) is 12.3. The average molecular weight is 454 g/mol. The highest BCUT2D eigenvalue weighted by atomic mass is 19.1. The van der Waals surface area contributed by atoms with Gasteiger partial charge in [0.1, 0.15) is 11.6 Å². The minimum atomic E-state index is -0.161. The van der Waals surface area contributed by atoms with Crippen LogP contribution in [0.15, 0.2) is 48.5 Å². The summed E-state index contributed by atoms with van der Waals surface area (Å²) in [5.74, 6) is 1.89. The van der Waals surface area contributed by atoms with E-state index in [1.54, 1.807) is 19.2 Å². The second-order valence-corrected chi connectivity index (χ2v) is 9.63. The fourth-order valence-corrected chi connectivity index (χ4v) is 5.33. The lowest BCUT2D eigenvalue weighted by molar-refractivity contribution is 0.138. The Labute approximate surface area is 196 Å². The number of rotatable bonds is 7. The van der Waals surface area contributed by atoms with E-state index in [0.29, 0.717) is 11.8 Å². The van der Waals surface area contributed by atoms with Gasteiger partial charge in [-0.25, -0.2) is 9.18 Å². The zero-order valence-corrected chi connectivity index (χ0v) is 19.6. The summed E-state index contributed by atoms with van der Waals surface area (Å²) in [5, 5.41) is 6.10. The summed E-state index contributed by atoms with van der Waals surface area (Å²) in [6, 6.07) is 14.5. The summed E-state index contributed by atoms with van der Waals surface area (Å²) < 4.78 is 18.3. The molecule has 178 valence electrons. The predicted molar refractivity (Wildman–Crippen MR) is 130 cm³/mol. The van der Waals surface area contributed by atoms with E-state index in [4.69, 9.17) is 4.74 Å². The Hall–Kier alpha value is -2.60.